The van der Waals surface area contributed by atoms with E-state index in [0.29, 0.717) is 19.3 Å². The summed E-state index contributed by atoms with van der Waals surface area (Å²) in [6.45, 7) is 5.99. The van der Waals surface area contributed by atoms with Crippen LogP contribution < -0.4 is 5.11 Å². The van der Waals surface area contributed by atoms with E-state index in [4.69, 9.17) is 4.74 Å². The molecule has 142 valence electrons. The quantitative estimate of drug-likeness (QED) is 0.412. The van der Waals surface area contributed by atoms with Crippen molar-refractivity contribution in [2.45, 2.75) is 78.6 Å². The van der Waals surface area contributed by atoms with E-state index in [9.17, 15) is 19.1 Å². The SMILES string of the molecule is CCCCCC(=O)OC1=C(F)CC(C(=O)[O-])(C(CCC)CCC)C=C1. The predicted molar refractivity (Wildman–Crippen MR) is 92.9 cm³/mol. The molecule has 0 N–H and O–H groups in total. The summed E-state index contributed by atoms with van der Waals surface area (Å²) in [6, 6.07) is 0. The van der Waals surface area contributed by atoms with E-state index in [0.717, 1.165) is 25.7 Å². The second-order valence-corrected chi connectivity index (χ2v) is 6.81. The maximum atomic E-state index is 14.6. The highest BCUT2D eigenvalue weighted by Crippen LogP contribution is 2.45. The molecule has 5 heteroatoms. The van der Waals surface area contributed by atoms with Crippen molar-refractivity contribution in [2.24, 2.45) is 11.3 Å². The number of aliphatic carboxylic acids is 1. The standard InChI is InChI=1S/C20H31FO4/c1-4-7-8-11-18(22)25-17-12-13-20(19(23)24,14-16(17)21)15(9-5-2)10-6-3/h12-13,15H,4-11,14H2,1-3H3,(H,23,24)/p-1. The average molecular weight is 353 g/mol. The molecule has 1 unspecified atom stereocenters. The molecular weight excluding hydrogens is 323 g/mol. The zero-order valence-corrected chi connectivity index (χ0v) is 15.6. The molecule has 0 fully saturated rings. The number of hydrogen-bond acceptors (Lipinski definition) is 4. The number of hydrogen-bond donors (Lipinski definition) is 0. The molecule has 0 amide bonds. The van der Waals surface area contributed by atoms with Gasteiger partial charge in [0.15, 0.2) is 5.76 Å². The summed E-state index contributed by atoms with van der Waals surface area (Å²) in [5, 5.41) is 11.9. The fraction of sp³-hybridized carbons (Fsp3) is 0.700. The van der Waals surface area contributed by atoms with Crippen LogP contribution >= 0.6 is 0 Å². The van der Waals surface area contributed by atoms with Crippen molar-refractivity contribution >= 4 is 11.9 Å². The topological polar surface area (TPSA) is 66.4 Å². The Kier molecular flexibility index (Phi) is 8.87. The minimum Gasteiger partial charge on any atom is -0.549 e. The molecule has 1 aliphatic carbocycles. The van der Waals surface area contributed by atoms with Crippen molar-refractivity contribution in [3.63, 3.8) is 0 Å². The molecule has 0 heterocycles. The van der Waals surface area contributed by atoms with Gasteiger partial charge in [-0.15, -0.1) is 0 Å². The van der Waals surface area contributed by atoms with Gasteiger partial charge in [-0.05, 0) is 31.3 Å². The molecule has 0 bridgehead atoms. The second kappa shape index (κ2) is 10.4. The van der Waals surface area contributed by atoms with Crippen LogP contribution in [0.3, 0.4) is 0 Å². The summed E-state index contributed by atoms with van der Waals surface area (Å²) in [4.78, 5) is 23.6. The Balaban J connectivity index is 2.90. The van der Waals surface area contributed by atoms with Crippen LogP contribution in [0.4, 0.5) is 4.39 Å². The van der Waals surface area contributed by atoms with Crippen LogP contribution in [0.2, 0.25) is 0 Å². The fourth-order valence-electron chi connectivity index (χ4n) is 3.44. The number of carbonyl (C=O) groups excluding carboxylic acids is 2. The third-order valence-electron chi connectivity index (χ3n) is 4.84. The van der Waals surface area contributed by atoms with Crippen LogP contribution in [0, 0.1) is 11.3 Å². The lowest BCUT2D eigenvalue weighted by atomic mass is 9.67. The highest BCUT2D eigenvalue weighted by atomic mass is 19.1. The predicted octanol–water partition coefficient (Wildman–Crippen LogP) is 4.20. The number of esters is 1. The van der Waals surface area contributed by atoms with Crippen LogP contribution in [0.1, 0.15) is 78.6 Å². The summed E-state index contributed by atoms with van der Waals surface area (Å²) in [5.41, 5.74) is -1.37. The molecule has 1 atom stereocenters. The number of unbranched alkanes of at least 4 members (excludes halogenated alkanes) is 2. The first-order chi connectivity index (χ1) is 11.9. The molecule has 0 aromatic carbocycles. The Morgan fingerprint density at radius 3 is 2.32 bits per heavy atom. The zero-order chi connectivity index (χ0) is 18.9. The summed E-state index contributed by atoms with van der Waals surface area (Å²) in [5.74, 6) is -2.80. The van der Waals surface area contributed by atoms with E-state index >= 15 is 0 Å². The van der Waals surface area contributed by atoms with Gasteiger partial charge in [-0.1, -0.05) is 52.5 Å². The van der Waals surface area contributed by atoms with Crippen LogP contribution in [-0.4, -0.2) is 11.9 Å². The van der Waals surface area contributed by atoms with Gasteiger partial charge in [0.25, 0.3) is 0 Å². The monoisotopic (exact) mass is 353 g/mol. The zero-order valence-electron chi connectivity index (χ0n) is 15.6. The lowest BCUT2D eigenvalue weighted by Crippen LogP contribution is -2.47. The van der Waals surface area contributed by atoms with Gasteiger partial charge >= 0.3 is 5.97 Å². The lowest BCUT2D eigenvalue weighted by Gasteiger charge is -2.41. The van der Waals surface area contributed by atoms with E-state index in [1.165, 1.54) is 12.2 Å². The third-order valence-corrected chi connectivity index (χ3v) is 4.84. The average Bonchev–Trinajstić information content (AvgIpc) is 2.56. The molecule has 0 radical (unpaired) electrons. The first-order valence-corrected chi connectivity index (χ1v) is 9.41. The fourth-order valence-corrected chi connectivity index (χ4v) is 3.44. The molecule has 1 rings (SSSR count). The molecule has 1 aliphatic rings. The summed E-state index contributed by atoms with van der Waals surface area (Å²) in [6.07, 6.45) is 8.29. The molecule has 25 heavy (non-hydrogen) atoms. The van der Waals surface area contributed by atoms with Gasteiger partial charge in [0.1, 0.15) is 5.83 Å². The maximum absolute atomic E-state index is 14.6. The molecule has 0 aromatic heterocycles. The normalized spacial score (nSPS) is 20.2. The van der Waals surface area contributed by atoms with Gasteiger partial charge in [-0.25, -0.2) is 4.39 Å². The minimum atomic E-state index is -1.37. The number of allylic oxidation sites excluding steroid dienone is 2. The smallest absolute Gasteiger partial charge is 0.311 e. The van der Waals surface area contributed by atoms with Crippen molar-refractivity contribution in [2.75, 3.05) is 0 Å². The molecule has 0 saturated carbocycles. The van der Waals surface area contributed by atoms with Crippen molar-refractivity contribution in [1.29, 1.82) is 0 Å². The van der Waals surface area contributed by atoms with Gasteiger partial charge < -0.3 is 14.6 Å². The molecule has 0 aliphatic heterocycles. The van der Waals surface area contributed by atoms with E-state index in [1.54, 1.807) is 0 Å². The summed E-state index contributed by atoms with van der Waals surface area (Å²) < 4.78 is 19.6. The molecule has 4 nitrogen and oxygen atoms in total. The van der Waals surface area contributed by atoms with Crippen LogP contribution in [0.15, 0.2) is 23.7 Å². The number of halogens is 1. The number of carboxylic acids is 1. The van der Waals surface area contributed by atoms with E-state index in [1.807, 2.05) is 20.8 Å². The Morgan fingerprint density at radius 2 is 1.84 bits per heavy atom. The van der Waals surface area contributed by atoms with Crippen molar-refractivity contribution in [1.82, 2.24) is 0 Å². The van der Waals surface area contributed by atoms with Crippen molar-refractivity contribution < 1.29 is 23.8 Å². The highest BCUT2D eigenvalue weighted by Gasteiger charge is 2.41. The van der Waals surface area contributed by atoms with E-state index < -0.39 is 23.2 Å². The molecule has 0 saturated heterocycles. The summed E-state index contributed by atoms with van der Waals surface area (Å²) >= 11 is 0. The van der Waals surface area contributed by atoms with E-state index in [2.05, 4.69) is 0 Å². The molecule has 0 aromatic rings. The number of ether oxygens (including phenoxy) is 1. The Labute approximate surface area is 150 Å². The van der Waals surface area contributed by atoms with Crippen LogP contribution in [0.25, 0.3) is 0 Å². The Bertz CT molecular complexity index is 518. The molecular formula is C20H30FO4-. The van der Waals surface area contributed by atoms with Gasteiger partial charge in [0, 0.05) is 18.3 Å². The van der Waals surface area contributed by atoms with Crippen molar-refractivity contribution in [3.05, 3.63) is 23.7 Å². The first kappa shape index (κ1) is 21.4. The van der Waals surface area contributed by atoms with Crippen molar-refractivity contribution in [3.8, 4) is 0 Å². The van der Waals surface area contributed by atoms with E-state index in [-0.39, 0.29) is 24.5 Å². The Hall–Kier alpha value is -1.65. The lowest BCUT2D eigenvalue weighted by molar-refractivity contribution is -0.319. The first-order valence-electron chi connectivity index (χ1n) is 9.41. The largest absolute Gasteiger partial charge is 0.549 e. The van der Waals surface area contributed by atoms with Gasteiger partial charge in [0.05, 0.1) is 5.97 Å². The number of carbonyl (C=O) groups is 2. The second-order valence-electron chi connectivity index (χ2n) is 6.81. The van der Waals surface area contributed by atoms with Gasteiger partial charge in [-0.3, -0.25) is 4.79 Å². The number of rotatable bonds is 11. The maximum Gasteiger partial charge on any atom is 0.311 e. The summed E-state index contributed by atoms with van der Waals surface area (Å²) in [7, 11) is 0. The minimum absolute atomic E-state index is 0.162. The Morgan fingerprint density at radius 1 is 1.20 bits per heavy atom. The third kappa shape index (κ3) is 5.68. The van der Waals surface area contributed by atoms with Gasteiger partial charge in [-0.2, -0.15) is 0 Å². The van der Waals surface area contributed by atoms with Gasteiger partial charge in [0.2, 0.25) is 0 Å². The molecule has 0 spiro atoms. The highest BCUT2D eigenvalue weighted by molar-refractivity contribution is 5.77. The van der Waals surface area contributed by atoms with Crippen LogP contribution in [0.5, 0.6) is 0 Å². The number of carboxylic acid groups (broad SMARTS) is 1. The van der Waals surface area contributed by atoms with Crippen LogP contribution in [-0.2, 0) is 14.3 Å².